The van der Waals surface area contributed by atoms with Gasteiger partial charge >= 0.3 is 6.03 Å². The van der Waals surface area contributed by atoms with Gasteiger partial charge in [-0.3, -0.25) is 0 Å². The lowest BCUT2D eigenvalue weighted by Crippen LogP contribution is -2.39. The first-order valence-electron chi connectivity index (χ1n) is 6.57. The van der Waals surface area contributed by atoms with Gasteiger partial charge in [-0.05, 0) is 19.9 Å². The van der Waals surface area contributed by atoms with E-state index in [4.69, 9.17) is 9.84 Å². The number of amides is 2. The van der Waals surface area contributed by atoms with E-state index in [1.807, 2.05) is 38.1 Å². The van der Waals surface area contributed by atoms with Gasteiger partial charge in [0.1, 0.15) is 12.4 Å². The highest BCUT2D eigenvalue weighted by Gasteiger charge is 2.10. The molecule has 0 aromatic heterocycles. The Labute approximate surface area is 114 Å². The highest BCUT2D eigenvalue weighted by molar-refractivity contribution is 5.74. The van der Waals surface area contributed by atoms with Crippen molar-refractivity contribution in [3.63, 3.8) is 0 Å². The van der Waals surface area contributed by atoms with Gasteiger partial charge in [0, 0.05) is 25.2 Å². The largest absolute Gasteiger partial charge is 0.491 e. The smallest absolute Gasteiger partial charge is 0.317 e. The monoisotopic (exact) mass is 266 g/mol. The Hall–Kier alpha value is -1.75. The lowest BCUT2D eigenvalue weighted by molar-refractivity contribution is 0.197. The number of rotatable bonds is 7. The first-order chi connectivity index (χ1) is 9.22. The van der Waals surface area contributed by atoms with Gasteiger partial charge in [0.15, 0.2) is 0 Å². The lowest BCUT2D eigenvalue weighted by atomic mass is 10.2. The van der Waals surface area contributed by atoms with E-state index in [0.29, 0.717) is 25.4 Å². The van der Waals surface area contributed by atoms with Gasteiger partial charge < -0.3 is 20.1 Å². The Bertz CT molecular complexity index is 392. The Kier molecular flexibility index (Phi) is 6.74. The molecule has 0 radical (unpaired) electrons. The standard InChI is InChI=1S/C14H22N2O3/c1-3-16(4-2)14(18)15-11-12-7-5-6-8-13(12)19-10-9-17/h5-8,17H,3-4,9-11H2,1-2H3,(H,15,18). The molecule has 0 aliphatic rings. The molecular weight excluding hydrogens is 244 g/mol. The normalized spacial score (nSPS) is 10.1. The number of aliphatic hydroxyl groups is 1. The maximum Gasteiger partial charge on any atom is 0.317 e. The van der Waals surface area contributed by atoms with Crippen LogP contribution in [0, 0.1) is 0 Å². The number of carbonyl (C=O) groups is 1. The molecule has 0 fully saturated rings. The van der Waals surface area contributed by atoms with E-state index in [0.717, 1.165) is 5.56 Å². The first kappa shape index (κ1) is 15.3. The van der Waals surface area contributed by atoms with Crippen LogP contribution in [0.5, 0.6) is 5.75 Å². The van der Waals surface area contributed by atoms with Crippen molar-refractivity contribution >= 4 is 6.03 Å². The average Bonchev–Trinajstić information content (AvgIpc) is 2.45. The van der Waals surface area contributed by atoms with Gasteiger partial charge in [-0.25, -0.2) is 4.79 Å². The summed E-state index contributed by atoms with van der Waals surface area (Å²) in [7, 11) is 0. The van der Waals surface area contributed by atoms with Gasteiger partial charge in [0.2, 0.25) is 0 Å². The molecule has 1 aromatic carbocycles. The SMILES string of the molecule is CCN(CC)C(=O)NCc1ccccc1OCCO. The summed E-state index contributed by atoms with van der Waals surface area (Å²) in [4.78, 5) is 13.6. The molecule has 5 nitrogen and oxygen atoms in total. The molecule has 0 atom stereocenters. The summed E-state index contributed by atoms with van der Waals surface area (Å²) in [5, 5.41) is 11.6. The molecule has 0 heterocycles. The van der Waals surface area contributed by atoms with Crippen molar-refractivity contribution in [2.45, 2.75) is 20.4 Å². The van der Waals surface area contributed by atoms with Crippen molar-refractivity contribution in [1.29, 1.82) is 0 Å². The molecule has 0 saturated carbocycles. The Morgan fingerprint density at radius 2 is 2.00 bits per heavy atom. The van der Waals surface area contributed by atoms with Crippen LogP contribution in [0.4, 0.5) is 4.79 Å². The second-order valence-corrected chi connectivity index (χ2v) is 4.01. The van der Waals surface area contributed by atoms with Crippen LogP contribution in [0.1, 0.15) is 19.4 Å². The molecule has 0 unspecified atom stereocenters. The van der Waals surface area contributed by atoms with Crippen molar-refractivity contribution in [2.24, 2.45) is 0 Å². The zero-order valence-corrected chi connectivity index (χ0v) is 11.6. The second kappa shape index (κ2) is 8.37. The van der Waals surface area contributed by atoms with Crippen molar-refractivity contribution < 1.29 is 14.6 Å². The number of benzene rings is 1. The predicted molar refractivity (Wildman–Crippen MR) is 74.2 cm³/mol. The van der Waals surface area contributed by atoms with E-state index in [9.17, 15) is 4.79 Å². The summed E-state index contributed by atoms with van der Waals surface area (Å²) in [6.07, 6.45) is 0. The average molecular weight is 266 g/mol. The minimum Gasteiger partial charge on any atom is -0.491 e. The van der Waals surface area contributed by atoms with Crippen LogP contribution >= 0.6 is 0 Å². The molecule has 0 aliphatic carbocycles. The van der Waals surface area contributed by atoms with E-state index in [2.05, 4.69) is 5.32 Å². The van der Waals surface area contributed by atoms with Gasteiger partial charge in [0.25, 0.3) is 0 Å². The van der Waals surface area contributed by atoms with Crippen LogP contribution in [-0.4, -0.2) is 42.3 Å². The number of para-hydroxylation sites is 1. The number of aliphatic hydroxyl groups excluding tert-OH is 1. The Morgan fingerprint density at radius 1 is 1.32 bits per heavy atom. The fourth-order valence-corrected chi connectivity index (χ4v) is 1.74. The fourth-order valence-electron chi connectivity index (χ4n) is 1.74. The third-order valence-electron chi connectivity index (χ3n) is 2.80. The third-order valence-corrected chi connectivity index (χ3v) is 2.80. The molecule has 19 heavy (non-hydrogen) atoms. The maximum absolute atomic E-state index is 11.8. The molecule has 5 heteroatoms. The number of urea groups is 1. The van der Waals surface area contributed by atoms with Gasteiger partial charge in [-0.2, -0.15) is 0 Å². The summed E-state index contributed by atoms with van der Waals surface area (Å²) in [5.74, 6) is 0.691. The predicted octanol–water partition coefficient (Wildman–Crippen LogP) is 1.61. The van der Waals surface area contributed by atoms with Gasteiger partial charge in [-0.15, -0.1) is 0 Å². The van der Waals surface area contributed by atoms with E-state index >= 15 is 0 Å². The number of hydrogen-bond donors (Lipinski definition) is 2. The number of carbonyl (C=O) groups excluding carboxylic acids is 1. The van der Waals surface area contributed by atoms with Gasteiger partial charge in [0.05, 0.1) is 6.61 Å². The van der Waals surface area contributed by atoms with Crippen LogP contribution in [0.3, 0.4) is 0 Å². The number of nitrogens with zero attached hydrogens (tertiary/aromatic N) is 1. The summed E-state index contributed by atoms with van der Waals surface area (Å²) in [6.45, 7) is 5.90. The summed E-state index contributed by atoms with van der Waals surface area (Å²) in [5.41, 5.74) is 0.899. The number of hydrogen-bond acceptors (Lipinski definition) is 3. The maximum atomic E-state index is 11.8. The van der Waals surface area contributed by atoms with E-state index < -0.39 is 0 Å². The zero-order valence-electron chi connectivity index (χ0n) is 11.6. The summed E-state index contributed by atoms with van der Waals surface area (Å²) < 4.78 is 5.42. The molecule has 0 bridgehead atoms. The van der Waals surface area contributed by atoms with Crippen LogP contribution in [0.2, 0.25) is 0 Å². The van der Waals surface area contributed by atoms with E-state index in [1.165, 1.54) is 0 Å². The topological polar surface area (TPSA) is 61.8 Å². The quantitative estimate of drug-likeness (QED) is 0.788. The molecule has 2 N–H and O–H groups in total. The van der Waals surface area contributed by atoms with Gasteiger partial charge in [-0.1, -0.05) is 18.2 Å². The molecule has 0 aliphatic heterocycles. The second-order valence-electron chi connectivity index (χ2n) is 4.01. The molecule has 0 saturated heterocycles. The van der Waals surface area contributed by atoms with Crippen molar-refractivity contribution in [2.75, 3.05) is 26.3 Å². The highest BCUT2D eigenvalue weighted by atomic mass is 16.5. The van der Waals surface area contributed by atoms with Crippen molar-refractivity contribution in [3.8, 4) is 5.75 Å². The zero-order chi connectivity index (χ0) is 14.1. The fraction of sp³-hybridized carbons (Fsp3) is 0.500. The molecule has 1 aromatic rings. The molecule has 2 amide bonds. The minimum atomic E-state index is -0.0815. The summed E-state index contributed by atoms with van der Waals surface area (Å²) in [6, 6.07) is 7.40. The third kappa shape index (κ3) is 4.79. The van der Waals surface area contributed by atoms with E-state index in [1.54, 1.807) is 4.90 Å². The van der Waals surface area contributed by atoms with Crippen LogP contribution < -0.4 is 10.1 Å². The number of ether oxygens (including phenoxy) is 1. The molecule has 106 valence electrons. The highest BCUT2D eigenvalue weighted by Crippen LogP contribution is 2.17. The van der Waals surface area contributed by atoms with Crippen molar-refractivity contribution in [3.05, 3.63) is 29.8 Å². The van der Waals surface area contributed by atoms with E-state index in [-0.39, 0.29) is 19.2 Å². The molecule has 0 spiro atoms. The molecular formula is C14H22N2O3. The van der Waals surface area contributed by atoms with Crippen LogP contribution in [-0.2, 0) is 6.54 Å². The van der Waals surface area contributed by atoms with Crippen LogP contribution in [0.25, 0.3) is 0 Å². The molecule has 1 rings (SSSR count). The minimum absolute atomic E-state index is 0.0276. The first-order valence-corrected chi connectivity index (χ1v) is 6.57. The van der Waals surface area contributed by atoms with Crippen LogP contribution in [0.15, 0.2) is 24.3 Å². The Balaban J connectivity index is 2.59. The number of nitrogens with one attached hydrogen (secondary N) is 1. The van der Waals surface area contributed by atoms with Crippen molar-refractivity contribution in [1.82, 2.24) is 10.2 Å². The summed E-state index contributed by atoms with van der Waals surface area (Å²) >= 11 is 0. The lowest BCUT2D eigenvalue weighted by Gasteiger charge is -2.19. The Morgan fingerprint density at radius 3 is 2.63 bits per heavy atom.